The highest BCUT2D eigenvalue weighted by atomic mass is 32.1. The Morgan fingerprint density at radius 3 is 2.58 bits per heavy atom. The van der Waals surface area contributed by atoms with Crippen LogP contribution in [0.3, 0.4) is 0 Å². The first-order valence-corrected chi connectivity index (χ1v) is 13.9. The number of ketones is 1. The summed E-state index contributed by atoms with van der Waals surface area (Å²) in [4.78, 5) is 48.5. The number of fused-ring (bicyclic) bond motifs is 1. The number of anilines is 1. The number of nitrogens with one attached hydrogen (secondary N) is 1. The van der Waals surface area contributed by atoms with Crippen molar-refractivity contribution in [2.45, 2.75) is 31.6 Å². The summed E-state index contributed by atoms with van der Waals surface area (Å²) in [6.45, 7) is 1.17. The Bertz CT molecular complexity index is 1480. The highest BCUT2D eigenvalue weighted by Gasteiger charge is 2.27. The average molecular weight is 553 g/mol. The topological polar surface area (TPSA) is 101 Å². The molecule has 1 saturated heterocycles. The predicted molar refractivity (Wildman–Crippen MR) is 145 cm³/mol. The van der Waals surface area contributed by atoms with Crippen LogP contribution in [0.5, 0.6) is 5.75 Å². The summed E-state index contributed by atoms with van der Waals surface area (Å²) in [5.74, 6) is 0.0401. The third-order valence-electron chi connectivity index (χ3n) is 6.50. The fraction of sp³-hybridized carbons (Fsp3) is 0.296. The van der Waals surface area contributed by atoms with Gasteiger partial charge in [0, 0.05) is 42.8 Å². The van der Waals surface area contributed by atoms with Crippen molar-refractivity contribution in [2.24, 2.45) is 0 Å². The summed E-state index contributed by atoms with van der Waals surface area (Å²) in [7, 11) is 1.57. The molecule has 1 aliphatic heterocycles. The van der Waals surface area contributed by atoms with Gasteiger partial charge in [-0.25, -0.2) is 14.4 Å². The van der Waals surface area contributed by atoms with Crippen LogP contribution >= 0.6 is 22.7 Å². The number of carbonyl (C=O) groups excluding carboxylic acids is 3. The fourth-order valence-corrected chi connectivity index (χ4v) is 6.23. The van der Waals surface area contributed by atoms with E-state index in [1.165, 1.54) is 34.8 Å². The van der Waals surface area contributed by atoms with E-state index < -0.39 is 0 Å². The predicted octanol–water partition coefficient (Wildman–Crippen LogP) is 5.52. The van der Waals surface area contributed by atoms with Gasteiger partial charge >= 0.3 is 0 Å². The summed E-state index contributed by atoms with van der Waals surface area (Å²) < 4.78 is 19.2. The second-order valence-electron chi connectivity index (χ2n) is 8.96. The molecule has 3 heterocycles. The van der Waals surface area contributed by atoms with Gasteiger partial charge in [0.25, 0.3) is 5.91 Å². The third kappa shape index (κ3) is 5.89. The fourth-order valence-electron chi connectivity index (χ4n) is 4.37. The van der Waals surface area contributed by atoms with E-state index in [0.717, 1.165) is 17.8 Å². The number of likely N-dealkylation sites (tertiary alicyclic amines) is 1. The number of carbonyl (C=O) groups is 3. The van der Waals surface area contributed by atoms with Crippen LogP contribution in [-0.4, -0.2) is 52.7 Å². The number of hydrogen-bond donors (Lipinski definition) is 1. The lowest BCUT2D eigenvalue weighted by Gasteiger charge is -2.31. The molecule has 1 fully saturated rings. The van der Waals surface area contributed by atoms with Gasteiger partial charge in [-0.05, 0) is 55.3 Å². The van der Waals surface area contributed by atoms with Gasteiger partial charge in [-0.3, -0.25) is 19.7 Å². The maximum atomic E-state index is 13.4. The molecule has 8 nitrogen and oxygen atoms in total. The minimum atomic E-state index is -0.360. The molecule has 2 amide bonds. The quantitative estimate of drug-likeness (QED) is 0.289. The maximum Gasteiger partial charge on any atom is 0.276 e. The van der Waals surface area contributed by atoms with E-state index in [2.05, 4.69) is 15.3 Å². The Kier molecular flexibility index (Phi) is 7.75. The molecule has 0 atom stereocenters. The van der Waals surface area contributed by atoms with E-state index in [9.17, 15) is 18.8 Å². The summed E-state index contributed by atoms with van der Waals surface area (Å²) in [6, 6.07) is 11.2. The Morgan fingerprint density at radius 1 is 1.08 bits per heavy atom. The lowest BCUT2D eigenvalue weighted by Crippen LogP contribution is -2.38. The highest BCUT2D eigenvalue weighted by Crippen LogP contribution is 2.31. The number of hydrogen-bond acceptors (Lipinski definition) is 8. The first kappa shape index (κ1) is 25.9. The number of aromatic nitrogens is 2. The van der Waals surface area contributed by atoms with E-state index >= 15 is 0 Å². The molecule has 0 bridgehead atoms. The molecule has 2 aromatic carbocycles. The number of methoxy groups -OCH3 is 1. The number of nitrogens with zero attached hydrogens (tertiary/aromatic N) is 3. The van der Waals surface area contributed by atoms with Gasteiger partial charge in [0.15, 0.2) is 10.9 Å². The van der Waals surface area contributed by atoms with E-state index in [1.54, 1.807) is 47.7 Å². The van der Waals surface area contributed by atoms with E-state index in [4.69, 9.17) is 4.74 Å². The number of thiazole rings is 2. The Morgan fingerprint density at radius 2 is 1.84 bits per heavy atom. The molecule has 0 radical (unpaired) electrons. The second kappa shape index (κ2) is 11.4. The zero-order valence-corrected chi connectivity index (χ0v) is 22.2. The lowest BCUT2D eigenvalue weighted by molar-refractivity contribution is -0.132. The van der Waals surface area contributed by atoms with Crippen LogP contribution in [0.25, 0.3) is 10.2 Å². The molecule has 0 spiro atoms. The zero-order chi connectivity index (χ0) is 26.6. The lowest BCUT2D eigenvalue weighted by atomic mass is 9.97. The van der Waals surface area contributed by atoms with Crippen LogP contribution in [0, 0.1) is 5.82 Å². The maximum absolute atomic E-state index is 13.4. The van der Waals surface area contributed by atoms with Crippen molar-refractivity contribution < 1.29 is 23.5 Å². The molecule has 2 aromatic heterocycles. The first-order chi connectivity index (χ1) is 18.4. The molecule has 5 rings (SSSR count). The van der Waals surface area contributed by atoms with Crippen LogP contribution in [0.15, 0.2) is 47.8 Å². The van der Waals surface area contributed by atoms with Crippen LogP contribution in [0.2, 0.25) is 0 Å². The third-order valence-corrected chi connectivity index (χ3v) is 8.44. The SMILES string of the molecule is COc1ccc(C(=O)CCC(=O)N2CCC(c3nc(C(=O)Nc4nc5ccc(F)cc5s4)cs3)CC2)cc1. The normalized spacial score (nSPS) is 14.0. The van der Waals surface area contributed by atoms with Crippen molar-refractivity contribution in [3.05, 3.63) is 69.9 Å². The number of rotatable bonds is 8. The molecule has 38 heavy (non-hydrogen) atoms. The van der Waals surface area contributed by atoms with Crippen LogP contribution in [-0.2, 0) is 4.79 Å². The standard InChI is InChI=1S/C27H25FN4O4S2/c1-36-19-5-2-16(3-6-19)22(33)8-9-24(34)32-12-10-17(11-13-32)26-29-21(15-37-26)25(35)31-27-30-20-7-4-18(28)14-23(20)38-27/h2-7,14-15,17H,8-13H2,1H3,(H,30,31,35). The largest absolute Gasteiger partial charge is 0.497 e. The highest BCUT2D eigenvalue weighted by molar-refractivity contribution is 7.22. The van der Waals surface area contributed by atoms with Crippen LogP contribution in [0.1, 0.15) is 57.5 Å². The smallest absolute Gasteiger partial charge is 0.276 e. The van der Waals surface area contributed by atoms with Gasteiger partial charge in [-0.2, -0.15) is 0 Å². The zero-order valence-electron chi connectivity index (χ0n) is 20.6. The Hall–Kier alpha value is -3.70. The molecule has 196 valence electrons. The van der Waals surface area contributed by atoms with Gasteiger partial charge in [-0.15, -0.1) is 11.3 Å². The van der Waals surface area contributed by atoms with Gasteiger partial charge in [0.1, 0.15) is 17.3 Å². The first-order valence-electron chi connectivity index (χ1n) is 12.2. The van der Waals surface area contributed by atoms with Gasteiger partial charge in [0.05, 0.1) is 22.3 Å². The average Bonchev–Trinajstić information content (AvgIpc) is 3.59. The number of amides is 2. The minimum absolute atomic E-state index is 0.0276. The van der Waals surface area contributed by atoms with E-state index in [1.807, 2.05) is 0 Å². The van der Waals surface area contributed by atoms with Gasteiger partial charge in [-0.1, -0.05) is 11.3 Å². The second-order valence-corrected chi connectivity index (χ2v) is 10.9. The molecule has 0 saturated carbocycles. The number of benzene rings is 2. The molecule has 0 unspecified atom stereocenters. The molecule has 4 aromatic rings. The monoisotopic (exact) mass is 552 g/mol. The number of halogens is 1. The number of Topliss-reactive ketones (excluding diaryl/α,β-unsaturated/α-hetero) is 1. The van der Waals surface area contributed by atoms with Crippen molar-refractivity contribution in [3.8, 4) is 5.75 Å². The van der Waals surface area contributed by atoms with Gasteiger partial charge < -0.3 is 9.64 Å². The molecule has 0 aliphatic carbocycles. The van der Waals surface area contributed by atoms with Crippen molar-refractivity contribution in [1.29, 1.82) is 0 Å². The van der Waals surface area contributed by atoms with Crippen LogP contribution in [0.4, 0.5) is 9.52 Å². The Balaban J connectivity index is 1.10. The summed E-state index contributed by atoms with van der Waals surface area (Å²) in [5, 5.41) is 5.73. The van der Waals surface area contributed by atoms with E-state index in [-0.39, 0.29) is 42.2 Å². The molecule has 1 aliphatic rings. The molecular weight excluding hydrogens is 527 g/mol. The Labute approximate surface area is 226 Å². The molecule has 1 N–H and O–H groups in total. The minimum Gasteiger partial charge on any atom is -0.497 e. The van der Waals surface area contributed by atoms with Crippen molar-refractivity contribution in [1.82, 2.24) is 14.9 Å². The number of piperidine rings is 1. The summed E-state index contributed by atoms with van der Waals surface area (Å²) in [5.41, 5.74) is 1.50. The van der Waals surface area contributed by atoms with Crippen molar-refractivity contribution >= 4 is 55.6 Å². The van der Waals surface area contributed by atoms with Crippen LogP contribution < -0.4 is 10.1 Å². The summed E-state index contributed by atoms with van der Waals surface area (Å²) >= 11 is 2.64. The number of ether oxygens (including phenoxy) is 1. The van der Waals surface area contributed by atoms with E-state index in [0.29, 0.717) is 45.4 Å². The molecule has 11 heteroatoms. The summed E-state index contributed by atoms with van der Waals surface area (Å²) in [6.07, 6.45) is 1.83. The molecular formula is C27H25FN4O4S2. The van der Waals surface area contributed by atoms with Gasteiger partial charge in [0.2, 0.25) is 5.91 Å². The van der Waals surface area contributed by atoms with Crippen molar-refractivity contribution in [2.75, 3.05) is 25.5 Å². The van der Waals surface area contributed by atoms with Crippen molar-refractivity contribution in [3.63, 3.8) is 0 Å².